The zero-order valence-electron chi connectivity index (χ0n) is 12.5. The minimum Gasteiger partial charge on any atom is -0.452 e. The summed E-state index contributed by atoms with van der Waals surface area (Å²) in [7, 11) is 0. The third-order valence-corrected chi connectivity index (χ3v) is 5.72. The fourth-order valence-corrected chi connectivity index (χ4v) is 4.25. The zero-order chi connectivity index (χ0) is 15.4. The van der Waals surface area contributed by atoms with Crippen LogP contribution < -0.4 is 0 Å². The van der Waals surface area contributed by atoms with Crippen LogP contribution in [-0.2, 0) is 16.0 Å². The highest BCUT2D eigenvalue weighted by Crippen LogP contribution is 2.34. The third kappa shape index (κ3) is 3.81. The van der Waals surface area contributed by atoms with E-state index in [1.165, 1.54) is 11.1 Å². The van der Waals surface area contributed by atoms with Crippen molar-refractivity contribution in [2.24, 2.45) is 0 Å². The van der Waals surface area contributed by atoms with Crippen LogP contribution in [0.25, 0.3) is 0 Å². The monoisotopic (exact) mass is 330 g/mol. The van der Waals surface area contributed by atoms with E-state index in [4.69, 9.17) is 4.74 Å². The third-order valence-electron chi connectivity index (χ3n) is 3.53. The van der Waals surface area contributed by atoms with E-state index < -0.39 is 0 Å². The van der Waals surface area contributed by atoms with Crippen LogP contribution in [0.5, 0.6) is 0 Å². The number of thioether (sulfide) groups is 1. The van der Waals surface area contributed by atoms with E-state index in [1.54, 1.807) is 23.1 Å². The number of rotatable bonds is 5. The van der Waals surface area contributed by atoms with Crippen molar-refractivity contribution in [1.29, 1.82) is 0 Å². The number of cyclic esters (lactones) is 1. The largest absolute Gasteiger partial charge is 0.452 e. The molecule has 0 spiro atoms. The zero-order valence-corrected chi connectivity index (χ0v) is 14.1. The van der Waals surface area contributed by atoms with Crippen LogP contribution in [0.3, 0.4) is 0 Å². The first kappa shape index (κ1) is 15.4. The molecule has 1 aromatic carbocycles. The van der Waals surface area contributed by atoms with E-state index in [0.29, 0.717) is 0 Å². The molecular formula is C18H18O2S2. The topological polar surface area (TPSA) is 26.3 Å². The van der Waals surface area contributed by atoms with Crippen LogP contribution in [0.15, 0.2) is 52.8 Å². The predicted molar refractivity (Wildman–Crippen MR) is 93.2 cm³/mol. The quantitative estimate of drug-likeness (QED) is 0.729. The number of hydrogen-bond donors (Lipinski definition) is 0. The minimum atomic E-state index is -0.180. The van der Waals surface area contributed by atoms with Gasteiger partial charge in [0.25, 0.3) is 0 Å². The molecule has 0 radical (unpaired) electrons. The van der Waals surface area contributed by atoms with Crippen LogP contribution in [-0.4, -0.2) is 11.7 Å². The van der Waals surface area contributed by atoms with Gasteiger partial charge in [-0.15, -0.1) is 23.1 Å². The molecule has 0 saturated heterocycles. The Kier molecular flexibility index (Phi) is 5.01. The number of hydrogen-bond acceptors (Lipinski definition) is 4. The van der Waals surface area contributed by atoms with Crippen molar-refractivity contribution in [1.82, 2.24) is 0 Å². The van der Waals surface area contributed by atoms with Gasteiger partial charge in [0.05, 0.1) is 4.91 Å². The van der Waals surface area contributed by atoms with Crippen molar-refractivity contribution in [2.75, 3.05) is 5.75 Å². The predicted octanol–water partition coefficient (Wildman–Crippen LogP) is 4.90. The molecule has 0 aliphatic carbocycles. The molecule has 1 unspecified atom stereocenters. The summed E-state index contributed by atoms with van der Waals surface area (Å²) in [5, 5.41) is 2.09. The molecule has 0 N–H and O–H groups in total. The summed E-state index contributed by atoms with van der Waals surface area (Å²) in [5.41, 5.74) is 2.52. The highest BCUT2D eigenvalue weighted by molar-refractivity contribution is 8.03. The Morgan fingerprint density at radius 1 is 1.32 bits per heavy atom. The standard InChI is InChI=1S/C18H18O2S2/c1-13-11-17(22-12-13)15-7-8-16(18(19)20-15)21-10-9-14-5-3-2-4-6-14/h2-6,8,11-12,15H,7,9-10H2,1H3. The minimum absolute atomic E-state index is 0.107. The Hall–Kier alpha value is -1.52. The summed E-state index contributed by atoms with van der Waals surface area (Å²) in [5.74, 6) is 0.716. The average Bonchev–Trinajstić information content (AvgIpc) is 2.96. The normalized spacial score (nSPS) is 18.0. The Balaban J connectivity index is 1.54. The van der Waals surface area contributed by atoms with Gasteiger partial charge in [-0.1, -0.05) is 36.4 Å². The molecule has 0 saturated carbocycles. The van der Waals surface area contributed by atoms with Crippen LogP contribution >= 0.6 is 23.1 Å². The van der Waals surface area contributed by atoms with Crippen molar-refractivity contribution >= 4 is 29.1 Å². The number of benzene rings is 1. The second-order valence-corrected chi connectivity index (χ2v) is 7.39. The lowest BCUT2D eigenvalue weighted by Crippen LogP contribution is -2.16. The smallest absolute Gasteiger partial charge is 0.344 e. The van der Waals surface area contributed by atoms with Gasteiger partial charge < -0.3 is 4.74 Å². The van der Waals surface area contributed by atoms with Gasteiger partial charge in [0.1, 0.15) is 6.10 Å². The second-order valence-electron chi connectivity index (χ2n) is 5.31. The number of esters is 1. The number of aryl methyl sites for hydroxylation is 2. The van der Waals surface area contributed by atoms with Gasteiger partial charge in [-0.25, -0.2) is 4.79 Å². The maximum atomic E-state index is 12.1. The molecule has 3 rings (SSSR count). The van der Waals surface area contributed by atoms with Crippen molar-refractivity contribution < 1.29 is 9.53 Å². The summed E-state index contributed by atoms with van der Waals surface area (Å²) >= 11 is 3.25. The maximum absolute atomic E-state index is 12.1. The molecule has 22 heavy (non-hydrogen) atoms. The lowest BCUT2D eigenvalue weighted by Gasteiger charge is -2.21. The fourth-order valence-electron chi connectivity index (χ4n) is 2.37. The van der Waals surface area contributed by atoms with E-state index in [9.17, 15) is 4.79 Å². The summed E-state index contributed by atoms with van der Waals surface area (Å²) in [6.07, 6.45) is 3.66. The van der Waals surface area contributed by atoms with Gasteiger partial charge in [0.15, 0.2) is 0 Å². The van der Waals surface area contributed by atoms with Gasteiger partial charge in [-0.3, -0.25) is 0 Å². The molecule has 2 nitrogen and oxygen atoms in total. The molecule has 114 valence electrons. The van der Waals surface area contributed by atoms with Gasteiger partial charge in [-0.05, 0) is 35.9 Å². The van der Waals surface area contributed by atoms with E-state index in [1.807, 2.05) is 24.3 Å². The number of carbonyl (C=O) groups excluding carboxylic acids is 1. The summed E-state index contributed by atoms with van der Waals surface area (Å²) in [6.45, 7) is 2.06. The fraction of sp³-hybridized carbons (Fsp3) is 0.278. The average molecular weight is 330 g/mol. The lowest BCUT2D eigenvalue weighted by atomic mass is 10.1. The van der Waals surface area contributed by atoms with E-state index in [0.717, 1.165) is 28.4 Å². The van der Waals surface area contributed by atoms with Crippen molar-refractivity contribution in [3.05, 3.63) is 68.8 Å². The molecular weight excluding hydrogens is 312 g/mol. The number of carbonyl (C=O) groups is 1. The Morgan fingerprint density at radius 2 is 2.14 bits per heavy atom. The first-order valence-corrected chi connectivity index (χ1v) is 9.22. The molecule has 0 bridgehead atoms. The Labute approximate surface area is 139 Å². The first-order valence-electron chi connectivity index (χ1n) is 7.35. The van der Waals surface area contributed by atoms with E-state index in [-0.39, 0.29) is 12.1 Å². The van der Waals surface area contributed by atoms with Gasteiger partial charge in [-0.2, -0.15) is 0 Å². The van der Waals surface area contributed by atoms with Gasteiger partial charge in [0, 0.05) is 17.1 Å². The number of thiophene rings is 1. The van der Waals surface area contributed by atoms with Crippen molar-refractivity contribution in [2.45, 2.75) is 25.9 Å². The molecule has 1 aromatic heterocycles. The molecule has 4 heteroatoms. The van der Waals surface area contributed by atoms with Crippen LogP contribution in [0.2, 0.25) is 0 Å². The molecule has 1 aliphatic rings. The Morgan fingerprint density at radius 3 is 2.82 bits per heavy atom. The SMILES string of the molecule is Cc1csc(C2CC=C(SCCc3ccccc3)C(=O)O2)c1. The molecule has 2 aromatic rings. The maximum Gasteiger partial charge on any atom is 0.344 e. The highest BCUT2D eigenvalue weighted by Gasteiger charge is 2.25. The molecule has 1 atom stereocenters. The second kappa shape index (κ2) is 7.16. The van der Waals surface area contributed by atoms with E-state index >= 15 is 0 Å². The summed E-state index contributed by atoms with van der Waals surface area (Å²) < 4.78 is 5.58. The summed E-state index contributed by atoms with van der Waals surface area (Å²) in [6, 6.07) is 12.4. The van der Waals surface area contributed by atoms with Crippen molar-refractivity contribution in [3.63, 3.8) is 0 Å². The first-order chi connectivity index (χ1) is 10.7. The highest BCUT2D eigenvalue weighted by atomic mass is 32.2. The van der Waals surface area contributed by atoms with Crippen LogP contribution in [0.4, 0.5) is 0 Å². The molecule has 0 amide bonds. The van der Waals surface area contributed by atoms with Crippen LogP contribution in [0.1, 0.15) is 28.5 Å². The molecule has 0 fully saturated rings. The van der Waals surface area contributed by atoms with Gasteiger partial charge in [0.2, 0.25) is 0 Å². The lowest BCUT2D eigenvalue weighted by molar-refractivity contribution is -0.144. The summed E-state index contributed by atoms with van der Waals surface area (Å²) in [4.78, 5) is 14.0. The van der Waals surface area contributed by atoms with E-state index in [2.05, 4.69) is 30.5 Å². The number of ether oxygens (including phenoxy) is 1. The van der Waals surface area contributed by atoms with Gasteiger partial charge >= 0.3 is 5.97 Å². The molecule has 1 aliphatic heterocycles. The van der Waals surface area contributed by atoms with Crippen molar-refractivity contribution in [3.8, 4) is 0 Å². The Bertz CT molecular complexity index is 673. The molecule has 2 heterocycles. The van der Waals surface area contributed by atoms with Crippen LogP contribution in [0, 0.1) is 6.92 Å².